The van der Waals surface area contributed by atoms with Gasteiger partial charge in [0, 0.05) is 57.6 Å². The fourth-order valence-electron chi connectivity index (χ4n) is 3.29. The first kappa shape index (κ1) is 17.4. The van der Waals surface area contributed by atoms with E-state index in [2.05, 4.69) is 44.3 Å². The minimum atomic E-state index is -0.0417. The number of rotatable bonds is 4. The van der Waals surface area contributed by atoms with Crippen LogP contribution < -0.4 is 0 Å². The van der Waals surface area contributed by atoms with E-state index in [4.69, 9.17) is 4.52 Å². The van der Waals surface area contributed by atoms with Gasteiger partial charge in [-0.15, -0.1) is 0 Å². The van der Waals surface area contributed by atoms with Gasteiger partial charge in [0.2, 0.25) is 11.7 Å². The summed E-state index contributed by atoms with van der Waals surface area (Å²) in [6.45, 7) is 5.69. The van der Waals surface area contributed by atoms with Gasteiger partial charge in [-0.1, -0.05) is 35.5 Å². The molecule has 1 saturated heterocycles. The van der Waals surface area contributed by atoms with Crippen LogP contribution in [-0.4, -0.2) is 57.0 Å². The van der Waals surface area contributed by atoms with Gasteiger partial charge in [-0.3, -0.25) is 14.7 Å². The van der Waals surface area contributed by atoms with Crippen LogP contribution in [0.3, 0.4) is 0 Å². The zero-order chi connectivity index (χ0) is 18.6. The fraction of sp³-hybridized carbons (Fsp3) is 0.300. The van der Waals surface area contributed by atoms with E-state index in [1.54, 1.807) is 25.4 Å². The number of carbonyl (C=O) groups excluding carboxylic acids is 1. The minimum Gasteiger partial charge on any atom is -0.339 e. The molecule has 138 valence electrons. The first-order chi connectivity index (χ1) is 13.2. The quantitative estimate of drug-likeness (QED) is 0.709. The molecule has 7 nitrogen and oxygen atoms in total. The summed E-state index contributed by atoms with van der Waals surface area (Å²) >= 11 is 0. The molecule has 1 fully saturated rings. The number of amides is 1. The molecule has 3 aromatic rings. The van der Waals surface area contributed by atoms with Gasteiger partial charge >= 0.3 is 0 Å². The second-order valence-corrected chi connectivity index (χ2v) is 6.61. The molecule has 0 aliphatic carbocycles. The second kappa shape index (κ2) is 7.67. The number of aromatic nitrogens is 3. The first-order valence-electron chi connectivity index (χ1n) is 9.01. The average Bonchev–Trinajstić information content (AvgIpc) is 3.15. The van der Waals surface area contributed by atoms with Gasteiger partial charge in [-0.2, -0.15) is 4.98 Å². The zero-order valence-electron chi connectivity index (χ0n) is 15.2. The van der Waals surface area contributed by atoms with Gasteiger partial charge in [-0.05, 0) is 11.6 Å². The van der Waals surface area contributed by atoms with E-state index in [1.807, 2.05) is 11.0 Å². The number of hydrogen-bond acceptors (Lipinski definition) is 6. The van der Waals surface area contributed by atoms with Gasteiger partial charge in [0.25, 0.3) is 5.91 Å². The number of benzene rings is 1. The van der Waals surface area contributed by atoms with Crippen LogP contribution >= 0.6 is 0 Å². The maximum atomic E-state index is 13.0. The third-order valence-corrected chi connectivity index (χ3v) is 4.73. The molecule has 4 rings (SSSR count). The predicted octanol–water partition coefficient (Wildman–Crippen LogP) is 2.40. The molecule has 0 atom stereocenters. The van der Waals surface area contributed by atoms with Gasteiger partial charge in [-0.25, -0.2) is 0 Å². The highest BCUT2D eigenvalue weighted by Crippen LogP contribution is 2.22. The summed E-state index contributed by atoms with van der Waals surface area (Å²) in [5, 5.41) is 3.94. The van der Waals surface area contributed by atoms with E-state index in [0.29, 0.717) is 35.9 Å². The smallest absolute Gasteiger partial charge is 0.256 e. The van der Waals surface area contributed by atoms with Crippen LogP contribution in [-0.2, 0) is 6.54 Å². The Balaban J connectivity index is 1.44. The third kappa shape index (κ3) is 3.88. The molecular formula is C20H21N5O2. The molecule has 0 unspecified atom stereocenters. The normalized spacial score (nSPS) is 15.1. The van der Waals surface area contributed by atoms with Gasteiger partial charge in [0.15, 0.2) is 0 Å². The summed E-state index contributed by atoms with van der Waals surface area (Å²) in [5.74, 6) is 0.843. The molecule has 0 spiro atoms. The van der Waals surface area contributed by atoms with Gasteiger partial charge in [0.05, 0.1) is 5.56 Å². The van der Waals surface area contributed by atoms with E-state index < -0.39 is 0 Å². The highest BCUT2D eigenvalue weighted by Gasteiger charge is 2.25. The Kier molecular flexibility index (Phi) is 4.93. The highest BCUT2D eigenvalue weighted by atomic mass is 16.5. The minimum absolute atomic E-state index is 0.0417. The van der Waals surface area contributed by atoms with Crippen molar-refractivity contribution in [2.45, 2.75) is 13.5 Å². The average molecular weight is 363 g/mol. The predicted molar refractivity (Wildman–Crippen MR) is 99.9 cm³/mol. The Bertz CT molecular complexity index is 917. The maximum absolute atomic E-state index is 13.0. The molecule has 27 heavy (non-hydrogen) atoms. The van der Waals surface area contributed by atoms with Crippen LogP contribution in [0.1, 0.15) is 21.8 Å². The lowest BCUT2D eigenvalue weighted by Crippen LogP contribution is -2.48. The summed E-state index contributed by atoms with van der Waals surface area (Å²) in [7, 11) is 0. The molecular weight excluding hydrogens is 342 g/mol. The largest absolute Gasteiger partial charge is 0.339 e. The fourth-order valence-corrected chi connectivity index (χ4v) is 3.29. The maximum Gasteiger partial charge on any atom is 0.256 e. The third-order valence-electron chi connectivity index (χ3n) is 4.73. The van der Waals surface area contributed by atoms with Crippen molar-refractivity contribution in [2.24, 2.45) is 0 Å². The van der Waals surface area contributed by atoms with Crippen molar-refractivity contribution in [1.82, 2.24) is 24.9 Å². The molecule has 0 radical (unpaired) electrons. The Morgan fingerprint density at radius 3 is 2.59 bits per heavy atom. The molecule has 1 aliphatic rings. The van der Waals surface area contributed by atoms with Crippen molar-refractivity contribution < 1.29 is 9.32 Å². The molecule has 1 aliphatic heterocycles. The van der Waals surface area contributed by atoms with Crippen molar-refractivity contribution in [1.29, 1.82) is 0 Å². The molecule has 1 amide bonds. The lowest BCUT2D eigenvalue weighted by molar-refractivity contribution is 0.0628. The van der Waals surface area contributed by atoms with Gasteiger partial charge < -0.3 is 9.42 Å². The van der Waals surface area contributed by atoms with E-state index in [-0.39, 0.29) is 5.91 Å². The number of aryl methyl sites for hydroxylation is 1. The Hall–Kier alpha value is -3.06. The van der Waals surface area contributed by atoms with Crippen molar-refractivity contribution in [2.75, 3.05) is 26.2 Å². The van der Waals surface area contributed by atoms with E-state index in [9.17, 15) is 4.79 Å². The lowest BCUT2D eigenvalue weighted by Gasteiger charge is -2.35. The molecule has 0 N–H and O–H groups in total. The summed E-state index contributed by atoms with van der Waals surface area (Å²) in [5.41, 5.74) is 2.45. The van der Waals surface area contributed by atoms with Crippen LogP contribution in [0.2, 0.25) is 0 Å². The standard InChI is InChI=1S/C20H21N5O2/c1-15-22-19(23-27-15)17-7-8-21-13-18(17)20(26)25-11-9-24(10-12-25)14-16-5-3-2-4-6-16/h2-8,13H,9-12,14H2,1H3. The van der Waals surface area contributed by atoms with E-state index in [0.717, 1.165) is 19.6 Å². The molecule has 7 heteroatoms. The molecule has 2 aromatic heterocycles. The van der Waals surface area contributed by atoms with E-state index in [1.165, 1.54) is 5.56 Å². The summed E-state index contributed by atoms with van der Waals surface area (Å²) in [6.07, 6.45) is 3.22. The summed E-state index contributed by atoms with van der Waals surface area (Å²) in [4.78, 5) is 25.6. The zero-order valence-corrected chi connectivity index (χ0v) is 15.2. The Morgan fingerprint density at radius 1 is 1.11 bits per heavy atom. The van der Waals surface area contributed by atoms with Crippen LogP contribution in [0.25, 0.3) is 11.4 Å². The summed E-state index contributed by atoms with van der Waals surface area (Å²) < 4.78 is 5.06. The lowest BCUT2D eigenvalue weighted by atomic mass is 10.1. The molecule has 3 heterocycles. The van der Waals surface area contributed by atoms with Crippen molar-refractivity contribution >= 4 is 5.91 Å². The van der Waals surface area contributed by atoms with Crippen molar-refractivity contribution in [3.8, 4) is 11.4 Å². The topological polar surface area (TPSA) is 75.4 Å². The second-order valence-electron chi connectivity index (χ2n) is 6.61. The van der Waals surface area contributed by atoms with Crippen molar-refractivity contribution in [3.63, 3.8) is 0 Å². The van der Waals surface area contributed by atoms with Crippen LogP contribution in [0, 0.1) is 6.92 Å². The number of nitrogens with zero attached hydrogens (tertiary/aromatic N) is 5. The van der Waals surface area contributed by atoms with Crippen LogP contribution in [0.5, 0.6) is 0 Å². The monoisotopic (exact) mass is 363 g/mol. The molecule has 0 bridgehead atoms. The van der Waals surface area contributed by atoms with E-state index >= 15 is 0 Å². The summed E-state index contributed by atoms with van der Waals surface area (Å²) in [6, 6.07) is 12.1. The highest BCUT2D eigenvalue weighted by molar-refractivity contribution is 5.99. The number of carbonyl (C=O) groups is 1. The Labute approximate surface area is 157 Å². The number of hydrogen-bond donors (Lipinski definition) is 0. The Morgan fingerprint density at radius 2 is 1.89 bits per heavy atom. The SMILES string of the molecule is Cc1nc(-c2ccncc2C(=O)N2CCN(Cc3ccccc3)CC2)no1. The molecule has 1 aromatic carbocycles. The number of pyridine rings is 1. The van der Waals surface area contributed by atoms with Crippen LogP contribution in [0.15, 0.2) is 53.3 Å². The number of piperazine rings is 1. The van der Waals surface area contributed by atoms with Gasteiger partial charge in [0.1, 0.15) is 0 Å². The first-order valence-corrected chi connectivity index (χ1v) is 9.01. The van der Waals surface area contributed by atoms with Crippen LogP contribution in [0.4, 0.5) is 0 Å². The molecule has 0 saturated carbocycles. The van der Waals surface area contributed by atoms with Crippen molar-refractivity contribution in [3.05, 3.63) is 65.8 Å².